The molecule has 0 saturated carbocycles. The van der Waals surface area contributed by atoms with Crippen molar-refractivity contribution < 1.29 is 9.53 Å². The summed E-state index contributed by atoms with van der Waals surface area (Å²) in [5.41, 5.74) is 2.37. The fourth-order valence-corrected chi connectivity index (χ4v) is 3.64. The molecule has 1 aliphatic heterocycles. The van der Waals surface area contributed by atoms with E-state index in [0.29, 0.717) is 5.13 Å². The number of rotatable bonds is 6. The number of nitrogens with one attached hydrogen (secondary N) is 1. The summed E-state index contributed by atoms with van der Waals surface area (Å²) in [6.45, 7) is 4.93. The Balaban J connectivity index is 1.48. The van der Waals surface area contributed by atoms with E-state index in [2.05, 4.69) is 39.5 Å². The van der Waals surface area contributed by atoms with E-state index < -0.39 is 0 Å². The molecule has 1 aliphatic rings. The Labute approximate surface area is 146 Å². The Morgan fingerprint density at radius 3 is 3.04 bits per heavy atom. The highest BCUT2D eigenvalue weighted by molar-refractivity contribution is 7.13. The van der Waals surface area contributed by atoms with E-state index >= 15 is 0 Å². The number of anilines is 1. The molecule has 24 heavy (non-hydrogen) atoms. The molecule has 1 aromatic heterocycles. The van der Waals surface area contributed by atoms with Gasteiger partial charge < -0.3 is 10.1 Å². The third-order valence-electron chi connectivity index (χ3n) is 4.04. The smallest absolute Gasteiger partial charge is 0.223 e. The van der Waals surface area contributed by atoms with Crippen molar-refractivity contribution in [3.63, 3.8) is 0 Å². The van der Waals surface area contributed by atoms with Gasteiger partial charge in [0.05, 0.1) is 18.4 Å². The number of carbonyl (C=O) groups is 1. The zero-order valence-corrected chi connectivity index (χ0v) is 14.7. The normalized spacial score (nSPS) is 18.5. The molecular formula is C18H23N3O2S. The van der Waals surface area contributed by atoms with Crippen LogP contribution >= 0.6 is 11.3 Å². The monoisotopic (exact) mass is 345 g/mol. The molecule has 6 heteroatoms. The molecule has 1 unspecified atom stereocenters. The summed E-state index contributed by atoms with van der Waals surface area (Å²) in [6, 6.07) is 10.5. The van der Waals surface area contributed by atoms with Crippen molar-refractivity contribution in [3.8, 4) is 0 Å². The quantitative estimate of drug-likeness (QED) is 0.875. The van der Waals surface area contributed by atoms with Crippen LogP contribution in [0.3, 0.4) is 0 Å². The molecule has 2 aromatic rings. The van der Waals surface area contributed by atoms with Gasteiger partial charge in [0.2, 0.25) is 5.91 Å². The van der Waals surface area contributed by atoms with Crippen LogP contribution < -0.4 is 5.32 Å². The molecule has 1 aromatic carbocycles. The third-order valence-corrected chi connectivity index (χ3v) is 4.85. The van der Waals surface area contributed by atoms with Crippen molar-refractivity contribution in [2.24, 2.45) is 0 Å². The van der Waals surface area contributed by atoms with Gasteiger partial charge in [-0.1, -0.05) is 30.3 Å². The lowest BCUT2D eigenvalue weighted by Gasteiger charge is -2.32. The SMILES string of the molecule is CC(=O)Nc1nc(CN2CCOC(CCc3ccccc3)C2)cs1. The number of morpholine rings is 1. The maximum absolute atomic E-state index is 11.1. The molecule has 1 N–H and O–H groups in total. The van der Waals surface area contributed by atoms with Crippen molar-refractivity contribution in [2.45, 2.75) is 32.4 Å². The van der Waals surface area contributed by atoms with Crippen molar-refractivity contribution >= 4 is 22.4 Å². The number of nitrogens with zero attached hydrogens (tertiary/aromatic N) is 2. The molecule has 1 amide bonds. The summed E-state index contributed by atoms with van der Waals surface area (Å²) < 4.78 is 5.91. The van der Waals surface area contributed by atoms with Gasteiger partial charge in [-0.05, 0) is 18.4 Å². The zero-order chi connectivity index (χ0) is 16.8. The van der Waals surface area contributed by atoms with Crippen molar-refractivity contribution in [1.29, 1.82) is 0 Å². The van der Waals surface area contributed by atoms with Crippen LogP contribution in [-0.4, -0.2) is 41.6 Å². The van der Waals surface area contributed by atoms with Gasteiger partial charge in [0, 0.05) is 31.9 Å². The maximum Gasteiger partial charge on any atom is 0.223 e. The average molecular weight is 345 g/mol. The van der Waals surface area contributed by atoms with Gasteiger partial charge in [0.1, 0.15) is 0 Å². The molecule has 128 valence electrons. The molecule has 3 rings (SSSR count). The molecular weight excluding hydrogens is 322 g/mol. The molecule has 2 heterocycles. The van der Waals surface area contributed by atoms with Crippen molar-refractivity contribution in [2.75, 3.05) is 25.0 Å². The van der Waals surface area contributed by atoms with Crippen LogP contribution in [0, 0.1) is 0 Å². The number of ether oxygens (including phenoxy) is 1. The molecule has 5 nitrogen and oxygen atoms in total. The van der Waals surface area contributed by atoms with E-state index in [0.717, 1.165) is 44.8 Å². The first-order valence-corrected chi connectivity index (χ1v) is 9.17. The van der Waals surface area contributed by atoms with Gasteiger partial charge in [-0.3, -0.25) is 9.69 Å². The number of amides is 1. The fraction of sp³-hybridized carbons (Fsp3) is 0.444. The Bertz CT molecular complexity index is 659. The van der Waals surface area contributed by atoms with Crippen LogP contribution in [0.1, 0.15) is 24.6 Å². The number of benzene rings is 1. The lowest BCUT2D eigenvalue weighted by atomic mass is 10.1. The predicted molar refractivity (Wildman–Crippen MR) is 96.2 cm³/mol. The number of thiazole rings is 1. The minimum atomic E-state index is -0.0803. The van der Waals surface area contributed by atoms with Crippen LogP contribution in [0.25, 0.3) is 0 Å². The van der Waals surface area contributed by atoms with Gasteiger partial charge in [0.25, 0.3) is 0 Å². The average Bonchev–Trinajstić information content (AvgIpc) is 3.00. The highest BCUT2D eigenvalue weighted by Crippen LogP contribution is 2.19. The molecule has 1 fully saturated rings. The van der Waals surface area contributed by atoms with Gasteiger partial charge in [-0.15, -0.1) is 11.3 Å². The summed E-state index contributed by atoms with van der Waals surface area (Å²) in [6.07, 6.45) is 2.35. The number of aromatic nitrogens is 1. The third kappa shape index (κ3) is 5.12. The molecule has 1 saturated heterocycles. The number of aryl methyl sites for hydroxylation is 1. The summed E-state index contributed by atoms with van der Waals surface area (Å²) >= 11 is 1.47. The summed E-state index contributed by atoms with van der Waals surface area (Å²) in [7, 11) is 0. The van der Waals surface area contributed by atoms with E-state index in [-0.39, 0.29) is 12.0 Å². The lowest BCUT2D eigenvalue weighted by molar-refractivity contribution is -0.114. The lowest BCUT2D eigenvalue weighted by Crippen LogP contribution is -2.42. The molecule has 0 radical (unpaired) electrons. The largest absolute Gasteiger partial charge is 0.376 e. The number of carbonyl (C=O) groups excluding carboxylic acids is 1. The Morgan fingerprint density at radius 2 is 2.25 bits per heavy atom. The Kier molecular flexibility index (Phi) is 5.96. The van der Waals surface area contributed by atoms with Gasteiger partial charge >= 0.3 is 0 Å². The predicted octanol–water partition coefficient (Wildman–Crippen LogP) is 2.94. The molecule has 1 atom stereocenters. The van der Waals surface area contributed by atoms with Gasteiger partial charge in [-0.25, -0.2) is 4.98 Å². The fourth-order valence-electron chi connectivity index (χ4n) is 2.89. The first-order valence-electron chi connectivity index (χ1n) is 8.29. The number of hydrogen-bond acceptors (Lipinski definition) is 5. The van der Waals surface area contributed by atoms with Crippen LogP contribution in [0.4, 0.5) is 5.13 Å². The topological polar surface area (TPSA) is 54.5 Å². The standard InChI is InChI=1S/C18H23N3O2S/c1-14(22)19-18-20-16(13-24-18)11-21-9-10-23-17(12-21)8-7-15-5-3-2-4-6-15/h2-6,13,17H,7-12H2,1H3,(H,19,20,22). The van der Waals surface area contributed by atoms with Crippen molar-refractivity contribution in [1.82, 2.24) is 9.88 Å². The first kappa shape index (κ1) is 17.1. The second-order valence-electron chi connectivity index (χ2n) is 6.08. The summed E-state index contributed by atoms with van der Waals surface area (Å²) in [5, 5.41) is 5.42. The minimum absolute atomic E-state index is 0.0803. The Morgan fingerprint density at radius 1 is 1.42 bits per heavy atom. The number of hydrogen-bond donors (Lipinski definition) is 1. The van der Waals surface area contributed by atoms with Gasteiger partial charge in [-0.2, -0.15) is 0 Å². The van der Waals surface area contributed by atoms with Crippen LogP contribution in [0.2, 0.25) is 0 Å². The van der Waals surface area contributed by atoms with Crippen LogP contribution in [0.5, 0.6) is 0 Å². The van der Waals surface area contributed by atoms with E-state index in [1.165, 1.54) is 23.8 Å². The Hall–Kier alpha value is -1.76. The second-order valence-corrected chi connectivity index (χ2v) is 6.94. The maximum atomic E-state index is 11.1. The molecule has 0 bridgehead atoms. The first-order chi connectivity index (χ1) is 11.7. The molecule has 0 aliphatic carbocycles. The van der Waals surface area contributed by atoms with E-state index in [1.807, 2.05) is 11.4 Å². The summed E-state index contributed by atoms with van der Waals surface area (Å²) in [4.78, 5) is 17.9. The second kappa shape index (κ2) is 8.37. The molecule has 0 spiro atoms. The van der Waals surface area contributed by atoms with Gasteiger partial charge in [0.15, 0.2) is 5.13 Å². The van der Waals surface area contributed by atoms with E-state index in [4.69, 9.17) is 4.74 Å². The van der Waals surface area contributed by atoms with Crippen LogP contribution in [-0.2, 0) is 22.5 Å². The van der Waals surface area contributed by atoms with E-state index in [9.17, 15) is 4.79 Å². The van der Waals surface area contributed by atoms with Crippen molar-refractivity contribution in [3.05, 3.63) is 47.0 Å². The van der Waals surface area contributed by atoms with E-state index in [1.54, 1.807) is 0 Å². The minimum Gasteiger partial charge on any atom is -0.376 e. The summed E-state index contributed by atoms with van der Waals surface area (Å²) in [5.74, 6) is -0.0803. The van der Waals surface area contributed by atoms with Crippen LogP contribution in [0.15, 0.2) is 35.7 Å². The highest BCUT2D eigenvalue weighted by Gasteiger charge is 2.21. The zero-order valence-electron chi connectivity index (χ0n) is 13.9. The highest BCUT2D eigenvalue weighted by atomic mass is 32.1.